The topological polar surface area (TPSA) is 32.3 Å². The van der Waals surface area contributed by atoms with E-state index in [4.69, 9.17) is 0 Å². The fraction of sp³-hybridized carbons (Fsp3) is 0.538. The van der Waals surface area contributed by atoms with Gasteiger partial charge in [0.05, 0.1) is 5.60 Å². The van der Waals surface area contributed by atoms with E-state index in [1.54, 1.807) is 6.07 Å². The lowest BCUT2D eigenvalue weighted by atomic mass is 9.97. The summed E-state index contributed by atoms with van der Waals surface area (Å²) in [5.41, 5.74) is -0.404. The molecule has 1 fully saturated rings. The van der Waals surface area contributed by atoms with Gasteiger partial charge in [-0.15, -0.1) is 0 Å². The van der Waals surface area contributed by atoms with Crippen molar-refractivity contribution in [1.29, 1.82) is 0 Å². The Labute approximate surface area is 110 Å². The average Bonchev–Trinajstić information content (AvgIpc) is 2.35. The first-order valence-electron chi connectivity index (χ1n) is 6.04. The number of halogens is 2. The molecule has 0 saturated carbocycles. The van der Waals surface area contributed by atoms with Crippen LogP contribution in [0.3, 0.4) is 0 Å². The summed E-state index contributed by atoms with van der Waals surface area (Å²) in [7, 11) is 0. The minimum Gasteiger partial charge on any atom is -0.389 e. The molecule has 0 amide bonds. The Bertz CT molecular complexity index is 408. The Morgan fingerprint density at radius 2 is 2.00 bits per heavy atom. The van der Waals surface area contributed by atoms with Crippen LogP contribution in [-0.2, 0) is 6.54 Å². The minimum absolute atomic E-state index is 0.235. The summed E-state index contributed by atoms with van der Waals surface area (Å²) in [6.07, 6.45) is 1.49. The first-order valence-corrected chi connectivity index (χ1v) is 7.20. The molecule has 0 bridgehead atoms. The van der Waals surface area contributed by atoms with Crippen LogP contribution in [0.2, 0.25) is 0 Å². The van der Waals surface area contributed by atoms with Gasteiger partial charge < -0.3 is 10.4 Å². The van der Waals surface area contributed by atoms with Gasteiger partial charge in [-0.2, -0.15) is 11.8 Å². The zero-order valence-corrected chi connectivity index (χ0v) is 10.9. The molecule has 1 aromatic rings. The van der Waals surface area contributed by atoms with Gasteiger partial charge in [0, 0.05) is 18.7 Å². The Morgan fingerprint density at radius 3 is 2.72 bits per heavy atom. The second kappa shape index (κ2) is 5.99. The largest absolute Gasteiger partial charge is 0.389 e. The van der Waals surface area contributed by atoms with Crippen LogP contribution in [0.15, 0.2) is 18.2 Å². The van der Waals surface area contributed by atoms with E-state index in [-0.39, 0.29) is 6.54 Å². The van der Waals surface area contributed by atoms with Crippen LogP contribution in [0.4, 0.5) is 8.78 Å². The Morgan fingerprint density at radius 1 is 1.28 bits per heavy atom. The highest BCUT2D eigenvalue weighted by molar-refractivity contribution is 7.99. The van der Waals surface area contributed by atoms with E-state index in [0.29, 0.717) is 12.1 Å². The number of thioether (sulfide) groups is 1. The van der Waals surface area contributed by atoms with Crippen molar-refractivity contribution in [3.63, 3.8) is 0 Å². The SMILES string of the molecule is OC1(CNCc2cccc(F)c2F)CCSCC1. The molecule has 100 valence electrons. The molecule has 1 heterocycles. The molecule has 1 saturated heterocycles. The summed E-state index contributed by atoms with van der Waals surface area (Å²) in [6.45, 7) is 0.655. The zero-order valence-electron chi connectivity index (χ0n) is 10.1. The van der Waals surface area contributed by atoms with Crippen molar-refractivity contribution < 1.29 is 13.9 Å². The van der Waals surface area contributed by atoms with Gasteiger partial charge in [-0.25, -0.2) is 8.78 Å². The molecule has 5 heteroatoms. The van der Waals surface area contributed by atoms with E-state index in [0.717, 1.165) is 30.4 Å². The molecule has 2 N–H and O–H groups in total. The van der Waals surface area contributed by atoms with Crippen molar-refractivity contribution in [2.24, 2.45) is 0 Å². The summed E-state index contributed by atoms with van der Waals surface area (Å²) in [6, 6.07) is 4.14. The highest BCUT2D eigenvalue weighted by Crippen LogP contribution is 2.26. The highest BCUT2D eigenvalue weighted by Gasteiger charge is 2.28. The van der Waals surface area contributed by atoms with Crippen molar-refractivity contribution in [2.45, 2.75) is 25.0 Å². The number of aliphatic hydroxyl groups is 1. The van der Waals surface area contributed by atoms with Crippen molar-refractivity contribution in [3.05, 3.63) is 35.4 Å². The highest BCUT2D eigenvalue weighted by atomic mass is 32.2. The molecule has 0 atom stereocenters. The van der Waals surface area contributed by atoms with Gasteiger partial charge in [0.25, 0.3) is 0 Å². The normalized spacial score (nSPS) is 18.8. The lowest BCUT2D eigenvalue weighted by Gasteiger charge is -2.32. The van der Waals surface area contributed by atoms with Crippen LogP contribution in [-0.4, -0.2) is 28.8 Å². The standard InChI is InChI=1S/C13H17F2NOS/c14-11-3-1-2-10(12(11)15)8-16-9-13(17)4-6-18-7-5-13/h1-3,16-17H,4-9H2. The molecule has 0 radical (unpaired) electrons. The van der Waals surface area contributed by atoms with E-state index in [9.17, 15) is 13.9 Å². The third-order valence-corrected chi connectivity index (χ3v) is 4.21. The minimum atomic E-state index is -0.831. The predicted molar refractivity (Wildman–Crippen MR) is 69.6 cm³/mol. The second-order valence-corrected chi connectivity index (χ2v) is 5.88. The van der Waals surface area contributed by atoms with Gasteiger partial charge in [-0.3, -0.25) is 0 Å². The Hall–Kier alpha value is -0.650. The smallest absolute Gasteiger partial charge is 0.163 e. The molecule has 0 aliphatic carbocycles. The zero-order chi connectivity index (χ0) is 13.0. The number of hydrogen-bond acceptors (Lipinski definition) is 3. The molecule has 0 aromatic heterocycles. The van der Waals surface area contributed by atoms with Gasteiger partial charge in [0.1, 0.15) is 0 Å². The monoisotopic (exact) mass is 273 g/mol. The molecular formula is C13H17F2NOS. The quantitative estimate of drug-likeness (QED) is 0.883. The van der Waals surface area contributed by atoms with E-state index in [1.165, 1.54) is 6.07 Å². The number of nitrogens with one attached hydrogen (secondary N) is 1. The summed E-state index contributed by atoms with van der Waals surface area (Å²) in [5, 5.41) is 13.2. The molecule has 0 unspecified atom stereocenters. The third-order valence-electron chi connectivity index (χ3n) is 3.22. The molecule has 1 aliphatic rings. The van der Waals surface area contributed by atoms with Gasteiger partial charge >= 0.3 is 0 Å². The molecule has 1 aromatic carbocycles. The van der Waals surface area contributed by atoms with Crippen LogP contribution in [0, 0.1) is 11.6 Å². The van der Waals surface area contributed by atoms with E-state index in [1.807, 2.05) is 11.8 Å². The number of benzene rings is 1. The Balaban J connectivity index is 1.86. The summed E-state index contributed by atoms with van der Waals surface area (Å²) >= 11 is 1.83. The van der Waals surface area contributed by atoms with Crippen molar-refractivity contribution in [1.82, 2.24) is 5.32 Å². The van der Waals surface area contributed by atoms with Crippen LogP contribution < -0.4 is 5.32 Å². The molecule has 1 aliphatic heterocycles. The van der Waals surface area contributed by atoms with Gasteiger partial charge in [0.2, 0.25) is 0 Å². The van der Waals surface area contributed by atoms with Crippen LogP contribution >= 0.6 is 11.8 Å². The maximum Gasteiger partial charge on any atom is 0.163 e. The van der Waals surface area contributed by atoms with Crippen LogP contribution in [0.1, 0.15) is 18.4 Å². The van der Waals surface area contributed by atoms with E-state index < -0.39 is 17.2 Å². The Kier molecular flexibility index (Phi) is 4.59. The van der Waals surface area contributed by atoms with E-state index >= 15 is 0 Å². The van der Waals surface area contributed by atoms with Crippen LogP contribution in [0.5, 0.6) is 0 Å². The maximum absolute atomic E-state index is 13.4. The molecule has 18 heavy (non-hydrogen) atoms. The number of hydrogen-bond donors (Lipinski definition) is 2. The fourth-order valence-corrected chi connectivity index (χ4v) is 3.30. The number of rotatable bonds is 4. The first kappa shape index (κ1) is 13.8. The first-order chi connectivity index (χ1) is 8.61. The van der Waals surface area contributed by atoms with E-state index in [2.05, 4.69) is 5.32 Å². The molecule has 2 rings (SSSR count). The lowest BCUT2D eigenvalue weighted by molar-refractivity contribution is 0.0319. The summed E-state index contributed by atoms with van der Waals surface area (Å²) < 4.78 is 26.4. The molecular weight excluding hydrogens is 256 g/mol. The third kappa shape index (κ3) is 3.43. The van der Waals surface area contributed by atoms with Gasteiger partial charge in [-0.1, -0.05) is 12.1 Å². The van der Waals surface area contributed by atoms with Crippen molar-refractivity contribution in [2.75, 3.05) is 18.1 Å². The lowest BCUT2D eigenvalue weighted by Crippen LogP contribution is -2.43. The van der Waals surface area contributed by atoms with Gasteiger partial charge in [-0.05, 0) is 30.4 Å². The molecule has 0 spiro atoms. The summed E-state index contributed by atoms with van der Waals surface area (Å²) in [5.74, 6) is 0.261. The fourth-order valence-electron chi connectivity index (χ4n) is 2.04. The van der Waals surface area contributed by atoms with Crippen molar-refractivity contribution in [3.8, 4) is 0 Å². The van der Waals surface area contributed by atoms with Gasteiger partial charge in [0.15, 0.2) is 11.6 Å². The maximum atomic E-state index is 13.4. The van der Waals surface area contributed by atoms with Crippen LogP contribution in [0.25, 0.3) is 0 Å². The summed E-state index contributed by atoms with van der Waals surface area (Å²) in [4.78, 5) is 0. The predicted octanol–water partition coefficient (Wildman–Crippen LogP) is 2.31. The molecule has 2 nitrogen and oxygen atoms in total. The average molecular weight is 273 g/mol. The van der Waals surface area contributed by atoms with Crippen molar-refractivity contribution >= 4 is 11.8 Å². The second-order valence-electron chi connectivity index (χ2n) is 4.65.